The molecule has 4 aliphatic rings. The Kier molecular flexibility index (Phi) is 5.27. The maximum absolute atomic E-state index is 2.59. The minimum Gasteiger partial charge on any atom is -0.310 e. The Morgan fingerprint density at radius 1 is 0.528 bits per heavy atom. The summed E-state index contributed by atoms with van der Waals surface area (Å²) in [5, 5.41) is 0. The van der Waals surface area contributed by atoms with Crippen LogP contribution in [0.2, 0.25) is 0 Å². The van der Waals surface area contributed by atoms with Gasteiger partial charge < -0.3 is 4.90 Å². The van der Waals surface area contributed by atoms with E-state index in [2.05, 4.69) is 110 Å². The summed E-state index contributed by atoms with van der Waals surface area (Å²) in [5.41, 5.74) is 12.5. The molecule has 0 heterocycles. The molecule has 36 heavy (non-hydrogen) atoms. The normalized spacial score (nSPS) is 23.8. The zero-order chi connectivity index (χ0) is 24.2. The highest BCUT2D eigenvalue weighted by atomic mass is 15.1. The highest BCUT2D eigenvalue weighted by Crippen LogP contribution is 2.56. The smallest absolute Gasteiger partial charge is 0.0467 e. The van der Waals surface area contributed by atoms with Gasteiger partial charge in [-0.1, -0.05) is 54.6 Å². The Labute approximate surface area is 215 Å². The zero-order valence-electron chi connectivity index (χ0n) is 21.5. The van der Waals surface area contributed by atoms with Crippen LogP contribution in [-0.2, 0) is 0 Å². The highest BCUT2D eigenvalue weighted by molar-refractivity contribution is 5.81. The van der Waals surface area contributed by atoms with Crippen LogP contribution in [0.1, 0.15) is 66.2 Å². The van der Waals surface area contributed by atoms with Crippen molar-refractivity contribution in [3.63, 3.8) is 0 Å². The quantitative estimate of drug-likeness (QED) is 0.287. The molecule has 0 aliphatic heterocycles. The minimum absolute atomic E-state index is 0.780. The van der Waals surface area contributed by atoms with Crippen molar-refractivity contribution in [1.82, 2.24) is 0 Å². The van der Waals surface area contributed by atoms with Gasteiger partial charge in [0.25, 0.3) is 0 Å². The summed E-state index contributed by atoms with van der Waals surface area (Å²) < 4.78 is 0. The fraction of sp³-hybridized carbons (Fsp3) is 0.314. The molecule has 1 nitrogen and oxygen atoms in total. The fourth-order valence-electron chi connectivity index (χ4n) is 7.94. The van der Waals surface area contributed by atoms with E-state index >= 15 is 0 Å². The monoisotopic (exact) mass is 469 g/mol. The van der Waals surface area contributed by atoms with Crippen LogP contribution in [0.3, 0.4) is 0 Å². The predicted molar refractivity (Wildman–Crippen MR) is 152 cm³/mol. The van der Waals surface area contributed by atoms with E-state index in [9.17, 15) is 0 Å². The number of para-hydroxylation sites is 2. The van der Waals surface area contributed by atoms with Crippen molar-refractivity contribution in [2.75, 3.05) is 4.90 Å². The van der Waals surface area contributed by atoms with Gasteiger partial charge in [-0.15, -0.1) is 0 Å². The van der Waals surface area contributed by atoms with E-state index in [1.165, 1.54) is 71.4 Å². The maximum atomic E-state index is 2.59. The topological polar surface area (TPSA) is 3.24 Å². The molecule has 2 fully saturated rings. The molecule has 2 atom stereocenters. The Bertz CT molecular complexity index is 1330. The Morgan fingerprint density at radius 3 is 1.61 bits per heavy atom. The maximum Gasteiger partial charge on any atom is 0.0467 e. The van der Waals surface area contributed by atoms with Crippen LogP contribution in [0.5, 0.6) is 0 Å². The fourth-order valence-corrected chi connectivity index (χ4v) is 7.94. The average Bonchev–Trinajstić information content (AvgIpc) is 3.05. The van der Waals surface area contributed by atoms with E-state index in [0.717, 1.165) is 23.7 Å². The van der Waals surface area contributed by atoms with Crippen molar-refractivity contribution in [3.8, 4) is 11.1 Å². The van der Waals surface area contributed by atoms with Gasteiger partial charge in [0.15, 0.2) is 0 Å². The predicted octanol–water partition coefficient (Wildman–Crippen LogP) is 9.83. The molecule has 2 unspecified atom stereocenters. The number of rotatable bonds is 4. The van der Waals surface area contributed by atoms with Crippen molar-refractivity contribution >= 4 is 17.1 Å². The summed E-state index contributed by atoms with van der Waals surface area (Å²) in [5.74, 6) is 3.52. The second kappa shape index (κ2) is 8.66. The third-order valence-corrected chi connectivity index (χ3v) is 9.20. The minimum atomic E-state index is 0.780. The van der Waals surface area contributed by atoms with Gasteiger partial charge in [-0.05, 0) is 139 Å². The number of nitrogens with zero attached hydrogens (tertiary/aromatic N) is 1. The van der Waals surface area contributed by atoms with Gasteiger partial charge in [0.05, 0.1) is 0 Å². The molecule has 4 aliphatic carbocycles. The van der Waals surface area contributed by atoms with Crippen LogP contribution in [-0.4, -0.2) is 0 Å². The molecule has 2 saturated carbocycles. The molecule has 4 aromatic rings. The third-order valence-electron chi connectivity index (χ3n) is 9.20. The SMILES string of the molecule is Cc1cc(N(c2ccccc2)c2ccccc2)cc(C)c1-c1ccc2c(c1)C1CC3CC(CC2C3)C1. The van der Waals surface area contributed by atoms with E-state index in [1.54, 1.807) is 11.1 Å². The van der Waals surface area contributed by atoms with Gasteiger partial charge in [0.1, 0.15) is 0 Å². The number of hydrogen-bond acceptors (Lipinski definition) is 1. The molecule has 180 valence electrons. The first kappa shape index (κ1) is 21.9. The first-order valence-electron chi connectivity index (χ1n) is 13.8. The van der Waals surface area contributed by atoms with Gasteiger partial charge in [-0.2, -0.15) is 0 Å². The van der Waals surface area contributed by atoms with Crippen molar-refractivity contribution in [1.29, 1.82) is 0 Å². The Morgan fingerprint density at radius 2 is 1.06 bits per heavy atom. The molecule has 0 radical (unpaired) electrons. The lowest BCUT2D eigenvalue weighted by Gasteiger charge is -2.38. The molecule has 8 rings (SSSR count). The molecular weight excluding hydrogens is 434 g/mol. The van der Waals surface area contributed by atoms with Crippen LogP contribution < -0.4 is 4.90 Å². The number of aryl methyl sites for hydroxylation is 2. The number of anilines is 3. The second-order valence-electron chi connectivity index (χ2n) is 11.6. The standard InChI is InChI=1S/C35H35N/c1-23-15-32(36(30-9-5-3-6-10-30)31-11-7-4-8-12-31)16-24(2)35(23)27-13-14-33-28-18-25-17-26(19-28)21-29(20-25)34(33)22-27/h3-16,22,25-26,28-29H,17-21H2,1-2H3. The molecule has 4 aromatic carbocycles. The molecule has 0 saturated heterocycles. The van der Waals surface area contributed by atoms with Crippen LogP contribution in [0, 0.1) is 25.7 Å². The van der Waals surface area contributed by atoms with Crippen molar-refractivity contribution in [2.24, 2.45) is 11.8 Å². The summed E-state index contributed by atoms with van der Waals surface area (Å²) in [4.78, 5) is 2.37. The van der Waals surface area contributed by atoms with E-state index in [0.29, 0.717) is 0 Å². The Balaban J connectivity index is 1.31. The number of benzene rings is 4. The average molecular weight is 470 g/mol. The van der Waals surface area contributed by atoms with Gasteiger partial charge in [0.2, 0.25) is 0 Å². The summed E-state index contributed by atoms with van der Waals surface area (Å²) in [6.45, 7) is 4.58. The van der Waals surface area contributed by atoms with E-state index in [1.807, 2.05) is 0 Å². The summed E-state index contributed by atoms with van der Waals surface area (Å²) >= 11 is 0. The van der Waals surface area contributed by atoms with Crippen LogP contribution in [0.4, 0.5) is 17.1 Å². The van der Waals surface area contributed by atoms with Crippen LogP contribution in [0.25, 0.3) is 11.1 Å². The summed E-state index contributed by atoms with van der Waals surface area (Å²) in [6.07, 6.45) is 7.20. The molecular formula is C35H35N. The lowest BCUT2D eigenvalue weighted by atomic mass is 9.67. The van der Waals surface area contributed by atoms with Gasteiger partial charge in [-0.25, -0.2) is 0 Å². The summed E-state index contributed by atoms with van der Waals surface area (Å²) in [7, 11) is 0. The van der Waals surface area contributed by atoms with Crippen molar-refractivity contribution in [3.05, 3.63) is 113 Å². The highest BCUT2D eigenvalue weighted by Gasteiger charge is 2.42. The lowest BCUT2D eigenvalue weighted by Crippen LogP contribution is -2.25. The number of hydrogen-bond donors (Lipinski definition) is 0. The van der Waals surface area contributed by atoms with Gasteiger partial charge in [-0.3, -0.25) is 0 Å². The van der Waals surface area contributed by atoms with Crippen molar-refractivity contribution in [2.45, 2.75) is 57.8 Å². The lowest BCUT2D eigenvalue weighted by molar-refractivity contribution is 0.166. The van der Waals surface area contributed by atoms with E-state index in [4.69, 9.17) is 0 Å². The molecule has 0 amide bonds. The van der Waals surface area contributed by atoms with E-state index in [-0.39, 0.29) is 0 Å². The third kappa shape index (κ3) is 3.68. The van der Waals surface area contributed by atoms with Gasteiger partial charge >= 0.3 is 0 Å². The molecule has 4 bridgehead atoms. The zero-order valence-corrected chi connectivity index (χ0v) is 21.5. The largest absolute Gasteiger partial charge is 0.310 e. The Hall–Kier alpha value is -3.32. The first-order valence-corrected chi connectivity index (χ1v) is 13.8. The van der Waals surface area contributed by atoms with Crippen LogP contribution >= 0.6 is 0 Å². The van der Waals surface area contributed by atoms with E-state index < -0.39 is 0 Å². The first-order chi connectivity index (χ1) is 17.6. The second-order valence-corrected chi connectivity index (χ2v) is 11.6. The molecule has 1 heteroatoms. The van der Waals surface area contributed by atoms with Crippen molar-refractivity contribution < 1.29 is 0 Å². The van der Waals surface area contributed by atoms with Crippen LogP contribution in [0.15, 0.2) is 91.0 Å². The molecule has 0 N–H and O–H groups in total. The molecule has 0 aromatic heterocycles. The van der Waals surface area contributed by atoms with Gasteiger partial charge in [0, 0.05) is 17.1 Å². The molecule has 0 spiro atoms. The summed E-state index contributed by atoms with van der Waals surface area (Å²) in [6, 6.07) is 33.7.